The zero-order valence-electron chi connectivity index (χ0n) is 10.1. The Morgan fingerprint density at radius 3 is 2.56 bits per heavy atom. The summed E-state index contributed by atoms with van der Waals surface area (Å²) in [6, 6.07) is 0.0773. The molecule has 96 valence electrons. The number of amides is 1. The van der Waals surface area contributed by atoms with Crippen molar-refractivity contribution in [3.63, 3.8) is 0 Å². The van der Waals surface area contributed by atoms with Crippen LogP contribution < -0.4 is 5.69 Å². The first kappa shape index (κ1) is 12.3. The summed E-state index contributed by atoms with van der Waals surface area (Å²) in [5.41, 5.74) is 0.469. The van der Waals surface area contributed by atoms with Crippen LogP contribution in [0.25, 0.3) is 6.08 Å². The quantitative estimate of drug-likeness (QED) is 0.636. The zero-order valence-corrected chi connectivity index (χ0v) is 10.1. The summed E-state index contributed by atoms with van der Waals surface area (Å²) in [5, 5.41) is 0. The standard InChI is InChI=1S/C12H16N4O2/c1-3-10-11(13-2)14-12(18)16(10)9-4-6-15(8-17)7-5-9/h3,8-9H,1-2,4-7H2,(H,14,18). The zero-order chi connectivity index (χ0) is 13.1. The van der Waals surface area contributed by atoms with Crippen molar-refractivity contribution in [2.24, 2.45) is 4.99 Å². The van der Waals surface area contributed by atoms with E-state index in [9.17, 15) is 9.59 Å². The molecule has 2 heterocycles. The molecule has 1 aromatic heterocycles. The van der Waals surface area contributed by atoms with E-state index in [4.69, 9.17) is 0 Å². The van der Waals surface area contributed by atoms with Crippen LogP contribution >= 0.6 is 0 Å². The number of H-pyrrole nitrogens is 1. The number of carbonyl (C=O) groups excluding carboxylic acids is 1. The van der Waals surface area contributed by atoms with Crippen LogP contribution in [0.1, 0.15) is 24.6 Å². The van der Waals surface area contributed by atoms with Crippen molar-refractivity contribution in [3.8, 4) is 0 Å². The lowest BCUT2D eigenvalue weighted by molar-refractivity contribution is -0.119. The van der Waals surface area contributed by atoms with E-state index >= 15 is 0 Å². The van der Waals surface area contributed by atoms with Crippen LogP contribution in [-0.4, -0.2) is 40.7 Å². The molecule has 0 saturated carbocycles. The fraction of sp³-hybridized carbons (Fsp3) is 0.417. The molecule has 1 aromatic rings. The molecule has 0 atom stereocenters. The predicted octanol–water partition coefficient (Wildman–Crippen LogP) is 0.945. The smallest absolute Gasteiger partial charge is 0.327 e. The van der Waals surface area contributed by atoms with Gasteiger partial charge in [0.25, 0.3) is 0 Å². The molecule has 0 aliphatic carbocycles. The first-order valence-electron chi connectivity index (χ1n) is 5.84. The molecule has 1 aliphatic rings. The monoisotopic (exact) mass is 248 g/mol. The highest BCUT2D eigenvalue weighted by Gasteiger charge is 2.24. The van der Waals surface area contributed by atoms with Gasteiger partial charge in [-0.3, -0.25) is 14.3 Å². The lowest BCUT2D eigenvalue weighted by atomic mass is 10.1. The van der Waals surface area contributed by atoms with E-state index in [1.165, 1.54) is 0 Å². The van der Waals surface area contributed by atoms with Crippen molar-refractivity contribution in [1.29, 1.82) is 0 Å². The molecule has 1 amide bonds. The molecule has 0 spiro atoms. The molecular weight excluding hydrogens is 232 g/mol. The lowest BCUT2D eigenvalue weighted by Gasteiger charge is -2.30. The van der Waals surface area contributed by atoms with Crippen LogP contribution in [0.5, 0.6) is 0 Å². The molecule has 1 saturated heterocycles. The molecule has 1 aliphatic heterocycles. The van der Waals surface area contributed by atoms with Crippen molar-refractivity contribution < 1.29 is 4.79 Å². The number of nitrogens with one attached hydrogen (secondary N) is 1. The highest BCUT2D eigenvalue weighted by atomic mass is 16.1. The van der Waals surface area contributed by atoms with E-state index in [1.54, 1.807) is 15.5 Å². The molecule has 0 unspecified atom stereocenters. The Morgan fingerprint density at radius 2 is 2.06 bits per heavy atom. The van der Waals surface area contributed by atoms with Crippen molar-refractivity contribution in [1.82, 2.24) is 14.5 Å². The van der Waals surface area contributed by atoms with Crippen molar-refractivity contribution in [2.45, 2.75) is 18.9 Å². The molecule has 2 rings (SSSR count). The number of nitrogens with zero attached hydrogens (tertiary/aromatic N) is 3. The minimum absolute atomic E-state index is 0.0773. The maximum atomic E-state index is 11.9. The average molecular weight is 248 g/mol. The molecule has 0 radical (unpaired) electrons. The van der Waals surface area contributed by atoms with Gasteiger partial charge in [0, 0.05) is 19.1 Å². The van der Waals surface area contributed by atoms with Gasteiger partial charge in [0.2, 0.25) is 6.41 Å². The number of piperidine rings is 1. The molecule has 1 fully saturated rings. The van der Waals surface area contributed by atoms with Gasteiger partial charge in [0.15, 0.2) is 5.82 Å². The third kappa shape index (κ3) is 2.01. The molecule has 0 bridgehead atoms. The normalized spacial score (nSPS) is 16.6. The number of aliphatic imine (C=N–C) groups is 1. The Hall–Kier alpha value is -2.11. The Bertz CT molecular complexity index is 521. The fourth-order valence-electron chi connectivity index (χ4n) is 2.38. The minimum Gasteiger partial charge on any atom is -0.345 e. The number of aromatic amines is 1. The minimum atomic E-state index is -0.197. The van der Waals surface area contributed by atoms with E-state index in [2.05, 4.69) is 23.3 Å². The van der Waals surface area contributed by atoms with Crippen LogP contribution in [0.4, 0.5) is 5.82 Å². The van der Waals surface area contributed by atoms with Gasteiger partial charge in [-0.25, -0.2) is 9.79 Å². The van der Waals surface area contributed by atoms with Crippen LogP contribution in [-0.2, 0) is 4.79 Å². The van der Waals surface area contributed by atoms with Gasteiger partial charge in [-0.2, -0.15) is 0 Å². The molecule has 6 nitrogen and oxygen atoms in total. The second kappa shape index (κ2) is 5.03. The molecule has 6 heteroatoms. The lowest BCUT2D eigenvalue weighted by Crippen LogP contribution is -2.36. The second-order valence-electron chi connectivity index (χ2n) is 4.27. The summed E-state index contributed by atoms with van der Waals surface area (Å²) < 4.78 is 1.67. The summed E-state index contributed by atoms with van der Waals surface area (Å²) in [7, 11) is 0. The third-order valence-corrected chi connectivity index (χ3v) is 3.31. The van der Waals surface area contributed by atoms with Gasteiger partial charge < -0.3 is 4.90 Å². The summed E-state index contributed by atoms with van der Waals surface area (Å²) in [6.45, 7) is 8.47. The number of hydrogen-bond donors (Lipinski definition) is 1. The number of likely N-dealkylation sites (tertiary alicyclic amines) is 1. The first-order chi connectivity index (χ1) is 8.71. The third-order valence-electron chi connectivity index (χ3n) is 3.31. The van der Waals surface area contributed by atoms with E-state index in [0.29, 0.717) is 24.6 Å². The predicted molar refractivity (Wildman–Crippen MR) is 70.3 cm³/mol. The fourth-order valence-corrected chi connectivity index (χ4v) is 2.38. The molecule has 18 heavy (non-hydrogen) atoms. The van der Waals surface area contributed by atoms with Crippen molar-refractivity contribution in [2.75, 3.05) is 13.1 Å². The first-order valence-corrected chi connectivity index (χ1v) is 5.84. The number of imidazole rings is 1. The van der Waals surface area contributed by atoms with Crippen LogP contribution in [0.3, 0.4) is 0 Å². The van der Waals surface area contributed by atoms with Crippen LogP contribution in [0.15, 0.2) is 16.4 Å². The summed E-state index contributed by atoms with van der Waals surface area (Å²) in [4.78, 5) is 30.7. The Kier molecular flexibility index (Phi) is 3.45. The van der Waals surface area contributed by atoms with Gasteiger partial charge >= 0.3 is 5.69 Å². The number of aromatic nitrogens is 2. The van der Waals surface area contributed by atoms with Gasteiger partial charge in [-0.15, -0.1) is 0 Å². The maximum Gasteiger partial charge on any atom is 0.327 e. The van der Waals surface area contributed by atoms with E-state index in [0.717, 1.165) is 19.3 Å². The Balaban J connectivity index is 2.31. The summed E-state index contributed by atoms with van der Waals surface area (Å²) in [5.74, 6) is 0.452. The highest BCUT2D eigenvalue weighted by molar-refractivity contribution is 5.58. The Labute approximate surface area is 105 Å². The van der Waals surface area contributed by atoms with E-state index in [-0.39, 0.29) is 11.7 Å². The van der Waals surface area contributed by atoms with E-state index in [1.807, 2.05) is 0 Å². The van der Waals surface area contributed by atoms with Gasteiger partial charge in [-0.05, 0) is 25.6 Å². The molecule has 1 N–H and O–H groups in total. The Morgan fingerprint density at radius 1 is 1.39 bits per heavy atom. The van der Waals surface area contributed by atoms with Gasteiger partial charge in [-0.1, -0.05) is 6.58 Å². The second-order valence-corrected chi connectivity index (χ2v) is 4.27. The van der Waals surface area contributed by atoms with Crippen LogP contribution in [0.2, 0.25) is 0 Å². The van der Waals surface area contributed by atoms with Crippen molar-refractivity contribution >= 4 is 25.0 Å². The SMILES string of the molecule is C=Cc1c(N=C)[nH]c(=O)n1C1CCN(C=O)CC1. The number of carbonyl (C=O) groups is 1. The largest absolute Gasteiger partial charge is 0.345 e. The van der Waals surface area contributed by atoms with Gasteiger partial charge in [0.05, 0.1) is 5.69 Å². The number of hydrogen-bond acceptors (Lipinski definition) is 3. The topological polar surface area (TPSA) is 70.5 Å². The molecule has 0 aromatic carbocycles. The van der Waals surface area contributed by atoms with Crippen molar-refractivity contribution in [3.05, 3.63) is 22.8 Å². The summed E-state index contributed by atoms with van der Waals surface area (Å²) >= 11 is 0. The van der Waals surface area contributed by atoms with Crippen LogP contribution in [0, 0.1) is 0 Å². The van der Waals surface area contributed by atoms with Gasteiger partial charge in [0.1, 0.15) is 0 Å². The highest BCUT2D eigenvalue weighted by Crippen LogP contribution is 2.25. The maximum absolute atomic E-state index is 11.9. The summed E-state index contributed by atoms with van der Waals surface area (Å²) in [6.07, 6.45) is 3.97. The average Bonchev–Trinajstić information content (AvgIpc) is 2.74. The molecular formula is C12H16N4O2. The number of rotatable bonds is 4. The van der Waals surface area contributed by atoms with E-state index < -0.39 is 0 Å².